The number of alkyl carbamates (subject to hydrolysis) is 1. The highest BCUT2D eigenvalue weighted by atomic mass is 35.5. The first-order chi connectivity index (χ1) is 42.8. The Morgan fingerprint density at radius 1 is 0.533 bits per heavy atom. The molecule has 2 heterocycles. The molecule has 4 rings (SSSR count). The second-order valence-electron chi connectivity index (χ2n) is 21.0. The predicted molar refractivity (Wildman–Crippen MR) is 341 cm³/mol. The summed E-state index contributed by atoms with van der Waals surface area (Å²) in [5.41, 5.74) is 6.73. The van der Waals surface area contributed by atoms with Crippen LogP contribution in [-0.4, -0.2) is 257 Å². The molecular formula is C64H111ClN4O21. The van der Waals surface area contributed by atoms with E-state index in [4.69, 9.17) is 81.9 Å². The molecule has 2 aliphatic rings. The van der Waals surface area contributed by atoms with E-state index in [1.807, 2.05) is 86.3 Å². The SMILES string of the molecule is C.CC(C)(C)OC(=O)NCCOCCOCCOCCOCCOCCOCCC(=O)O.COC(=O)C(c1ccccc1)C1CCCCN1.COC(=O)C(c1ccccc1)C1CCCCN1C(=O)CCOCCOCCOCCOCCOCCOCCN.Cl. The minimum Gasteiger partial charge on any atom is -0.481 e. The van der Waals surface area contributed by atoms with Gasteiger partial charge in [0.2, 0.25) is 5.91 Å². The van der Waals surface area contributed by atoms with E-state index in [0.717, 1.165) is 43.4 Å². The second kappa shape index (κ2) is 58.2. The van der Waals surface area contributed by atoms with Crippen LogP contribution in [0, 0.1) is 0 Å². The Kier molecular flexibility index (Phi) is 55.1. The number of esters is 2. The van der Waals surface area contributed by atoms with Crippen molar-refractivity contribution in [3.63, 3.8) is 0 Å². The zero-order valence-electron chi connectivity index (χ0n) is 53.6. The van der Waals surface area contributed by atoms with Crippen molar-refractivity contribution in [2.24, 2.45) is 5.73 Å². The van der Waals surface area contributed by atoms with Gasteiger partial charge in [-0.2, -0.15) is 0 Å². The number of benzene rings is 2. The molecule has 5 N–H and O–H groups in total. The van der Waals surface area contributed by atoms with E-state index in [9.17, 15) is 24.0 Å². The molecule has 4 unspecified atom stereocenters. The van der Waals surface area contributed by atoms with Crippen molar-refractivity contribution in [3.8, 4) is 0 Å². The molecular weight excluding hydrogens is 1200 g/mol. The number of rotatable bonds is 47. The van der Waals surface area contributed by atoms with Crippen LogP contribution in [0.4, 0.5) is 4.79 Å². The van der Waals surface area contributed by atoms with Gasteiger partial charge < -0.3 is 97.4 Å². The number of nitrogens with zero attached hydrogens (tertiary/aromatic N) is 1. The maximum atomic E-state index is 13.1. The maximum Gasteiger partial charge on any atom is 0.407 e. The molecule has 26 heteroatoms. The highest BCUT2D eigenvalue weighted by Crippen LogP contribution is 2.32. The Hall–Kier alpha value is -4.68. The molecule has 2 aliphatic heterocycles. The van der Waals surface area contributed by atoms with Gasteiger partial charge >= 0.3 is 24.0 Å². The number of carboxylic acid groups (broad SMARTS) is 1. The third-order valence-electron chi connectivity index (χ3n) is 13.1. The average molecular weight is 1310 g/mol. The molecule has 4 atom stereocenters. The molecule has 2 fully saturated rings. The third-order valence-corrected chi connectivity index (χ3v) is 13.1. The molecule has 2 aromatic carbocycles. The smallest absolute Gasteiger partial charge is 0.407 e. The highest BCUT2D eigenvalue weighted by molar-refractivity contribution is 5.85. The molecule has 25 nitrogen and oxygen atoms in total. The number of ether oxygens (including phenoxy) is 15. The zero-order chi connectivity index (χ0) is 64.0. The van der Waals surface area contributed by atoms with Crippen LogP contribution >= 0.6 is 12.4 Å². The Morgan fingerprint density at radius 3 is 1.30 bits per heavy atom. The van der Waals surface area contributed by atoms with Crippen molar-refractivity contribution in [3.05, 3.63) is 71.8 Å². The van der Waals surface area contributed by atoms with Gasteiger partial charge in [-0.3, -0.25) is 19.2 Å². The first-order valence-corrected chi connectivity index (χ1v) is 30.9. The van der Waals surface area contributed by atoms with Gasteiger partial charge in [0.15, 0.2) is 0 Å². The fourth-order valence-electron chi connectivity index (χ4n) is 8.89. The van der Waals surface area contributed by atoms with Crippen LogP contribution in [0.2, 0.25) is 0 Å². The lowest BCUT2D eigenvalue weighted by Gasteiger charge is -2.39. The fraction of sp³-hybridized carbons (Fsp3) is 0.734. The Labute approximate surface area is 541 Å². The molecule has 0 spiro atoms. The lowest BCUT2D eigenvalue weighted by Crippen LogP contribution is -2.49. The van der Waals surface area contributed by atoms with E-state index < -0.39 is 23.6 Å². The Bertz CT molecular complexity index is 2030. The Morgan fingerprint density at radius 2 is 0.911 bits per heavy atom. The molecule has 2 amide bonds. The minimum absolute atomic E-state index is 0. The van der Waals surface area contributed by atoms with Gasteiger partial charge in [0.25, 0.3) is 0 Å². The van der Waals surface area contributed by atoms with Crippen LogP contribution in [0.5, 0.6) is 0 Å². The number of amides is 2. The number of carbonyl (C=O) groups is 5. The van der Waals surface area contributed by atoms with Gasteiger partial charge in [-0.05, 0) is 70.5 Å². The number of hydrogen-bond donors (Lipinski definition) is 4. The lowest BCUT2D eigenvalue weighted by atomic mass is 9.85. The molecule has 0 saturated carbocycles. The van der Waals surface area contributed by atoms with Gasteiger partial charge in [-0.1, -0.05) is 74.5 Å². The number of nitrogens with one attached hydrogen (secondary N) is 2. The van der Waals surface area contributed by atoms with E-state index in [2.05, 4.69) is 10.6 Å². The fourth-order valence-corrected chi connectivity index (χ4v) is 8.89. The zero-order valence-corrected chi connectivity index (χ0v) is 54.4. The lowest BCUT2D eigenvalue weighted by molar-refractivity contribution is -0.147. The average Bonchev–Trinajstić information content (AvgIpc) is 1.01. The van der Waals surface area contributed by atoms with Gasteiger partial charge in [-0.15, -0.1) is 12.4 Å². The molecule has 2 saturated heterocycles. The summed E-state index contributed by atoms with van der Waals surface area (Å²) in [6, 6.07) is 19.4. The molecule has 0 aromatic heterocycles. The van der Waals surface area contributed by atoms with Crippen LogP contribution in [0.3, 0.4) is 0 Å². The predicted octanol–water partition coefficient (Wildman–Crippen LogP) is 6.00. The maximum absolute atomic E-state index is 13.1. The molecule has 0 radical (unpaired) electrons. The summed E-state index contributed by atoms with van der Waals surface area (Å²) in [6.07, 6.45) is 5.87. The van der Waals surface area contributed by atoms with Crippen LogP contribution in [0.1, 0.15) is 103 Å². The largest absolute Gasteiger partial charge is 0.481 e. The van der Waals surface area contributed by atoms with Crippen molar-refractivity contribution in [1.82, 2.24) is 15.5 Å². The summed E-state index contributed by atoms with van der Waals surface area (Å²) in [6.45, 7) is 18.6. The number of carbonyl (C=O) groups excluding carboxylic acids is 4. The number of aliphatic carboxylic acids is 1. The minimum atomic E-state index is -0.876. The van der Waals surface area contributed by atoms with Crippen LogP contribution in [0.15, 0.2) is 60.7 Å². The number of likely N-dealkylation sites (tertiary alicyclic amines) is 1. The van der Waals surface area contributed by atoms with E-state index >= 15 is 0 Å². The number of carboxylic acids is 1. The summed E-state index contributed by atoms with van der Waals surface area (Å²) in [4.78, 5) is 61.2. The van der Waals surface area contributed by atoms with Crippen molar-refractivity contribution in [2.75, 3.05) is 199 Å². The number of methoxy groups -OCH3 is 2. The molecule has 0 bridgehead atoms. The summed E-state index contributed by atoms with van der Waals surface area (Å²) in [5.74, 6) is -2.01. The first kappa shape index (κ1) is 85.3. The summed E-state index contributed by atoms with van der Waals surface area (Å²) in [5, 5.41) is 14.5. The van der Waals surface area contributed by atoms with Crippen LogP contribution < -0.4 is 16.4 Å². The summed E-state index contributed by atoms with van der Waals surface area (Å²) in [7, 11) is 2.85. The van der Waals surface area contributed by atoms with Gasteiger partial charge in [0, 0.05) is 31.7 Å². The highest BCUT2D eigenvalue weighted by Gasteiger charge is 2.38. The van der Waals surface area contributed by atoms with E-state index in [-0.39, 0.29) is 75.1 Å². The van der Waals surface area contributed by atoms with E-state index in [1.165, 1.54) is 27.1 Å². The van der Waals surface area contributed by atoms with E-state index in [0.29, 0.717) is 172 Å². The van der Waals surface area contributed by atoms with Crippen molar-refractivity contribution in [1.29, 1.82) is 0 Å². The normalized spacial score (nSPS) is 15.2. The van der Waals surface area contributed by atoms with Crippen molar-refractivity contribution >= 4 is 42.3 Å². The van der Waals surface area contributed by atoms with Crippen molar-refractivity contribution in [2.45, 2.75) is 109 Å². The molecule has 90 heavy (non-hydrogen) atoms. The summed E-state index contributed by atoms with van der Waals surface area (Å²) < 4.78 is 79.6. The standard InChI is InChI=1S/C29H48N2O9.C20H39NO10.C14H19NO2.CH4.ClH/c1-34-29(33)28(25-7-3-2-4-8-25)26-9-5-6-12-31(26)27(32)10-13-35-15-17-37-19-21-39-23-24-40-22-20-38-18-16-36-14-11-30;1-20(2,3)31-19(24)21-5-7-26-9-11-28-13-15-30-17-16-29-14-12-27-10-8-25-6-4-18(22)23;1-17-14(16)13(11-7-3-2-4-8-11)12-9-5-6-10-15-12;;/h2-4,7-8,26,28H,5-6,9-24,30H2,1H3;4-17H2,1-3H3,(H,21,24)(H,22,23);2-4,7-8,12-13,15H,5-6,9-10H2,1H3;1H4;1H. The van der Waals surface area contributed by atoms with Gasteiger partial charge in [0.05, 0.1) is 192 Å². The topological polar surface area (TPSA) is 297 Å². The number of nitrogens with two attached hydrogens (primary N) is 1. The Balaban J connectivity index is 0.00000140. The monoisotopic (exact) mass is 1310 g/mol. The van der Waals surface area contributed by atoms with E-state index in [1.54, 1.807) is 0 Å². The molecule has 0 aliphatic carbocycles. The quantitative estimate of drug-likeness (QED) is 0.0335. The van der Waals surface area contributed by atoms with Crippen LogP contribution in [-0.2, 0) is 90.2 Å². The number of hydrogen-bond acceptors (Lipinski definition) is 22. The third kappa shape index (κ3) is 44.8. The second-order valence-corrected chi connectivity index (χ2v) is 21.0. The van der Waals surface area contributed by atoms with Crippen molar-refractivity contribution < 1.29 is 100 Å². The number of piperidine rings is 2. The van der Waals surface area contributed by atoms with Gasteiger partial charge in [-0.25, -0.2) is 4.79 Å². The van der Waals surface area contributed by atoms with Crippen LogP contribution in [0.25, 0.3) is 0 Å². The number of halogens is 1. The molecule has 520 valence electrons. The van der Waals surface area contributed by atoms with Gasteiger partial charge in [0.1, 0.15) is 11.5 Å². The molecule has 2 aromatic rings. The summed E-state index contributed by atoms with van der Waals surface area (Å²) >= 11 is 0. The first-order valence-electron chi connectivity index (χ1n) is 30.9.